The lowest BCUT2D eigenvalue weighted by molar-refractivity contribution is -0.384. The maximum atomic E-state index is 15.3. The van der Waals surface area contributed by atoms with Crippen LogP contribution in [0, 0.1) is 33.8 Å². The van der Waals surface area contributed by atoms with Crippen molar-refractivity contribution in [2.75, 3.05) is 17.4 Å². The van der Waals surface area contributed by atoms with E-state index in [2.05, 4.69) is 5.43 Å². The van der Waals surface area contributed by atoms with Crippen LogP contribution >= 0.6 is 34.8 Å². The van der Waals surface area contributed by atoms with Crippen molar-refractivity contribution in [3.05, 3.63) is 133 Å². The Hall–Kier alpha value is -5.43. The normalized spacial score (nSPS) is 25.9. The molecule has 4 aromatic carbocycles. The number of fused-ring (bicyclic) bond motifs is 4. The van der Waals surface area contributed by atoms with Gasteiger partial charge in [0, 0.05) is 33.7 Å². The standard InChI is InChI=1S/C39H29Cl3N4O8/c1-54-24-10-2-19(3-11-24)39-29(36(49)45(38(39)51)43-31-14-4-21(41)17-30(31)42)18-27-25(34(39)28-16-20(40)5-15-32(28)47)12-13-26-33(27)37(50)44(35(26)48)22-6-8-23(9-7-22)46(52)53/h2-12,14-17,26-27,29,33-34,43,47H,13,18H2,1H3. The molecule has 4 aliphatic rings. The zero-order chi connectivity index (χ0) is 38.2. The van der Waals surface area contributed by atoms with Crippen LogP contribution in [0.5, 0.6) is 11.5 Å². The molecule has 8 rings (SSSR count). The van der Waals surface area contributed by atoms with Gasteiger partial charge in [0.15, 0.2) is 0 Å². The molecule has 4 amide bonds. The van der Waals surface area contributed by atoms with Crippen LogP contribution in [0.3, 0.4) is 0 Å². The molecule has 54 heavy (non-hydrogen) atoms. The molecule has 4 aromatic rings. The molecular formula is C39H29Cl3N4O8. The number of nitrogens with zero attached hydrogens (tertiary/aromatic N) is 3. The average molecular weight is 788 g/mol. The van der Waals surface area contributed by atoms with Crippen molar-refractivity contribution in [3.63, 3.8) is 0 Å². The Morgan fingerprint density at radius 1 is 0.870 bits per heavy atom. The van der Waals surface area contributed by atoms with Crippen LogP contribution in [0.4, 0.5) is 17.1 Å². The van der Waals surface area contributed by atoms with E-state index in [4.69, 9.17) is 39.5 Å². The van der Waals surface area contributed by atoms with Crippen molar-refractivity contribution < 1.29 is 33.9 Å². The van der Waals surface area contributed by atoms with Gasteiger partial charge < -0.3 is 9.84 Å². The number of hydrazine groups is 1. The summed E-state index contributed by atoms with van der Waals surface area (Å²) in [5, 5.41) is 24.6. The van der Waals surface area contributed by atoms with Gasteiger partial charge in [-0.1, -0.05) is 58.6 Å². The molecule has 1 saturated carbocycles. The van der Waals surface area contributed by atoms with E-state index in [1.54, 1.807) is 36.4 Å². The molecule has 2 heterocycles. The van der Waals surface area contributed by atoms with Gasteiger partial charge in [-0.2, -0.15) is 5.01 Å². The van der Waals surface area contributed by atoms with Crippen LogP contribution in [0.2, 0.25) is 15.1 Å². The molecule has 2 aliphatic heterocycles. The topological polar surface area (TPSA) is 159 Å². The molecule has 2 aliphatic carbocycles. The number of aromatic hydroxyl groups is 1. The number of nitro groups is 1. The Morgan fingerprint density at radius 3 is 2.22 bits per heavy atom. The van der Waals surface area contributed by atoms with Crippen LogP contribution < -0.4 is 15.1 Å². The summed E-state index contributed by atoms with van der Waals surface area (Å²) in [5.74, 6) is -6.60. The molecular weight excluding hydrogens is 759 g/mol. The first-order chi connectivity index (χ1) is 25.9. The number of amides is 4. The number of halogens is 3. The number of phenolic OH excluding ortho intramolecular Hbond substituents is 1. The molecule has 0 bridgehead atoms. The predicted molar refractivity (Wildman–Crippen MR) is 199 cm³/mol. The van der Waals surface area contributed by atoms with E-state index in [0.29, 0.717) is 21.9 Å². The van der Waals surface area contributed by atoms with E-state index >= 15 is 4.79 Å². The molecule has 15 heteroatoms. The summed E-state index contributed by atoms with van der Waals surface area (Å²) in [5.41, 5.74) is 2.75. The first-order valence-corrected chi connectivity index (χ1v) is 18.1. The number of benzene rings is 4. The molecule has 0 spiro atoms. The Labute approximate surface area is 323 Å². The zero-order valence-electron chi connectivity index (χ0n) is 28.2. The maximum absolute atomic E-state index is 15.3. The first kappa shape index (κ1) is 35.6. The van der Waals surface area contributed by atoms with Crippen LogP contribution in [0.1, 0.15) is 29.9 Å². The Kier molecular flexibility index (Phi) is 8.67. The highest BCUT2D eigenvalue weighted by atomic mass is 35.5. The van der Waals surface area contributed by atoms with Gasteiger partial charge >= 0.3 is 0 Å². The van der Waals surface area contributed by atoms with E-state index in [-0.39, 0.29) is 51.3 Å². The number of ether oxygens (including phenoxy) is 1. The van der Waals surface area contributed by atoms with E-state index in [1.807, 2.05) is 6.08 Å². The average Bonchev–Trinajstić information content (AvgIpc) is 3.54. The summed E-state index contributed by atoms with van der Waals surface area (Å²) in [7, 11) is 1.50. The summed E-state index contributed by atoms with van der Waals surface area (Å²) in [6.07, 6.45) is 1.95. The minimum atomic E-state index is -1.70. The van der Waals surface area contributed by atoms with Gasteiger partial charge in [-0.15, -0.1) is 0 Å². The van der Waals surface area contributed by atoms with Crippen molar-refractivity contribution in [2.24, 2.45) is 23.7 Å². The minimum absolute atomic E-state index is 0.0128. The van der Waals surface area contributed by atoms with Gasteiger partial charge in [0.25, 0.3) is 17.5 Å². The molecule has 3 fully saturated rings. The number of phenols is 1. The van der Waals surface area contributed by atoms with Crippen molar-refractivity contribution >= 4 is 75.5 Å². The van der Waals surface area contributed by atoms with Crippen LogP contribution in [0.15, 0.2) is 96.6 Å². The first-order valence-electron chi connectivity index (χ1n) is 16.9. The van der Waals surface area contributed by atoms with Crippen molar-refractivity contribution in [1.82, 2.24) is 5.01 Å². The number of carbonyl (C=O) groups excluding carboxylic acids is 4. The predicted octanol–water partition coefficient (Wildman–Crippen LogP) is 7.46. The fourth-order valence-electron chi connectivity index (χ4n) is 8.92. The summed E-state index contributed by atoms with van der Waals surface area (Å²) in [6, 6.07) is 20.9. The second kappa shape index (κ2) is 13.2. The number of methoxy groups -OCH3 is 1. The lowest BCUT2D eigenvalue weighted by Crippen LogP contribution is -2.53. The molecule has 12 nitrogen and oxygen atoms in total. The molecule has 274 valence electrons. The number of rotatable bonds is 7. The summed E-state index contributed by atoms with van der Waals surface area (Å²) >= 11 is 19.2. The third-order valence-electron chi connectivity index (χ3n) is 11.2. The van der Waals surface area contributed by atoms with Gasteiger partial charge in [0.1, 0.15) is 11.5 Å². The third-order valence-corrected chi connectivity index (χ3v) is 12.0. The number of nitro benzene ring substituents is 1. The van der Waals surface area contributed by atoms with E-state index in [9.17, 15) is 29.6 Å². The molecule has 6 unspecified atom stereocenters. The SMILES string of the molecule is COc1ccc(C23C(=O)N(Nc4ccc(Cl)cc4Cl)C(=O)C2CC2C(=CCC4C(=O)N(c5ccc([N+](=O)[O-])cc5)C(=O)C42)C3c2cc(Cl)ccc2O)cc1. The molecule has 0 aromatic heterocycles. The van der Waals surface area contributed by atoms with Crippen molar-refractivity contribution in [3.8, 4) is 11.5 Å². The molecule has 2 N–H and O–H groups in total. The van der Waals surface area contributed by atoms with E-state index < -0.39 is 63.6 Å². The second-order valence-electron chi connectivity index (χ2n) is 13.7. The fourth-order valence-corrected chi connectivity index (χ4v) is 9.55. The van der Waals surface area contributed by atoms with Gasteiger partial charge in [0.05, 0.1) is 51.6 Å². The molecule has 2 saturated heterocycles. The van der Waals surface area contributed by atoms with Crippen LogP contribution in [0.25, 0.3) is 0 Å². The monoisotopic (exact) mass is 786 g/mol. The third kappa shape index (κ3) is 5.26. The Balaban J connectivity index is 1.32. The van der Waals surface area contributed by atoms with Gasteiger partial charge in [0.2, 0.25) is 11.8 Å². The number of non-ortho nitro benzene ring substituents is 1. The van der Waals surface area contributed by atoms with Gasteiger partial charge in [-0.05, 0) is 85.0 Å². The summed E-state index contributed by atoms with van der Waals surface area (Å²) in [6.45, 7) is 0. The fraction of sp³-hybridized carbons (Fsp3) is 0.231. The number of hydrogen-bond donors (Lipinski definition) is 2. The van der Waals surface area contributed by atoms with Crippen molar-refractivity contribution in [2.45, 2.75) is 24.2 Å². The largest absolute Gasteiger partial charge is 0.508 e. The second-order valence-corrected chi connectivity index (χ2v) is 15.0. The maximum Gasteiger partial charge on any atom is 0.269 e. The lowest BCUT2D eigenvalue weighted by atomic mass is 9.49. The Morgan fingerprint density at radius 2 is 1.56 bits per heavy atom. The quantitative estimate of drug-likeness (QED) is 0.0839. The Bertz CT molecular complexity index is 2320. The highest BCUT2D eigenvalue weighted by Crippen LogP contribution is 2.65. The van der Waals surface area contributed by atoms with Gasteiger partial charge in [-0.3, -0.25) is 39.6 Å². The highest BCUT2D eigenvalue weighted by molar-refractivity contribution is 6.36. The number of imide groups is 2. The lowest BCUT2D eigenvalue weighted by Gasteiger charge is -2.50. The smallest absolute Gasteiger partial charge is 0.269 e. The highest BCUT2D eigenvalue weighted by Gasteiger charge is 2.70. The van der Waals surface area contributed by atoms with Crippen molar-refractivity contribution in [1.29, 1.82) is 0 Å². The number of nitrogens with one attached hydrogen (secondary N) is 1. The number of carbonyl (C=O) groups is 4. The van der Waals surface area contributed by atoms with Gasteiger partial charge in [-0.25, -0.2) is 0 Å². The summed E-state index contributed by atoms with van der Waals surface area (Å²) in [4.78, 5) is 70.5. The zero-order valence-corrected chi connectivity index (χ0v) is 30.5. The molecule has 0 radical (unpaired) electrons. The van der Waals surface area contributed by atoms with E-state index in [0.717, 1.165) is 9.91 Å². The minimum Gasteiger partial charge on any atom is -0.508 e. The molecule has 6 atom stereocenters. The van der Waals surface area contributed by atoms with Crippen LogP contribution in [-0.2, 0) is 24.6 Å². The number of hydrogen-bond acceptors (Lipinski definition) is 9. The number of anilines is 2. The summed E-state index contributed by atoms with van der Waals surface area (Å²) < 4.78 is 5.43. The number of allylic oxidation sites excluding steroid dienone is 2. The van der Waals surface area contributed by atoms with Crippen LogP contribution in [-0.4, -0.2) is 45.8 Å². The van der Waals surface area contributed by atoms with E-state index in [1.165, 1.54) is 55.6 Å².